The highest BCUT2D eigenvalue weighted by Crippen LogP contribution is 2.59. The number of ether oxygens (including phenoxy) is 3. The number of halogens is 1. The molecule has 4 aliphatic rings. The number of methoxy groups -OCH3 is 1. The third-order valence-electron chi connectivity index (χ3n) is 9.45. The number of aliphatic hydroxyl groups is 1. The van der Waals surface area contributed by atoms with Crippen molar-refractivity contribution in [1.29, 1.82) is 0 Å². The number of carbonyl (C=O) groups excluding carboxylic acids is 4. The molecule has 4 heterocycles. The third kappa shape index (κ3) is 6.41. The summed E-state index contributed by atoms with van der Waals surface area (Å²) >= 11 is 3.59. The number of allylic oxidation sites excluding steroid dienone is 1. The fourth-order valence-electron chi connectivity index (χ4n) is 7.38. The Morgan fingerprint density at radius 1 is 1.13 bits per heavy atom. The molecular formula is C34H44BrN3O8. The molecule has 5 bridgehead atoms. The van der Waals surface area contributed by atoms with E-state index in [1.807, 2.05) is 56.3 Å². The number of nitrogens with zero attached hydrogens (tertiary/aromatic N) is 2. The number of benzene rings is 1. The van der Waals surface area contributed by atoms with Crippen molar-refractivity contribution in [3.8, 4) is 0 Å². The van der Waals surface area contributed by atoms with Crippen LogP contribution < -0.4 is 5.32 Å². The molecule has 1 unspecified atom stereocenters. The molecule has 11 nitrogen and oxygen atoms in total. The summed E-state index contributed by atoms with van der Waals surface area (Å²) in [4.78, 5) is 59.7. The molecule has 1 aromatic rings. The summed E-state index contributed by atoms with van der Waals surface area (Å²) in [5, 5.41) is 12.7. The first-order valence-electron chi connectivity index (χ1n) is 16.1. The number of fused-ring (bicyclic) bond motifs is 2. The van der Waals surface area contributed by atoms with Crippen LogP contribution in [0.1, 0.15) is 57.6 Å². The van der Waals surface area contributed by atoms with E-state index in [9.17, 15) is 24.3 Å². The number of esters is 1. The Morgan fingerprint density at radius 3 is 2.59 bits per heavy atom. The summed E-state index contributed by atoms with van der Waals surface area (Å²) < 4.78 is 18.9. The Bertz CT molecular complexity index is 1350. The highest BCUT2D eigenvalue weighted by atomic mass is 79.9. The van der Waals surface area contributed by atoms with Crippen LogP contribution >= 0.6 is 15.9 Å². The molecule has 2 saturated heterocycles. The molecule has 0 aliphatic carbocycles. The van der Waals surface area contributed by atoms with Crippen molar-refractivity contribution in [2.24, 2.45) is 11.8 Å². The van der Waals surface area contributed by atoms with Gasteiger partial charge in [0.15, 0.2) is 0 Å². The highest BCUT2D eigenvalue weighted by molar-refractivity contribution is 9.11. The minimum atomic E-state index is -1.40. The predicted octanol–water partition coefficient (Wildman–Crippen LogP) is 3.02. The van der Waals surface area contributed by atoms with Gasteiger partial charge < -0.3 is 34.4 Å². The number of hydrogen-bond acceptors (Lipinski definition) is 8. The number of likely N-dealkylation sites (tertiary alicyclic amines) is 1. The van der Waals surface area contributed by atoms with Crippen molar-refractivity contribution in [3.63, 3.8) is 0 Å². The predicted molar refractivity (Wildman–Crippen MR) is 172 cm³/mol. The smallest absolute Gasteiger partial charge is 0.313 e. The molecule has 0 saturated carbocycles. The van der Waals surface area contributed by atoms with Gasteiger partial charge in [-0.15, -0.1) is 0 Å². The summed E-state index contributed by atoms with van der Waals surface area (Å²) in [6.07, 6.45) is 6.27. The first kappa shape index (κ1) is 34.3. The molecule has 4 aliphatic heterocycles. The summed E-state index contributed by atoms with van der Waals surface area (Å²) in [5.74, 6) is -3.64. The van der Waals surface area contributed by atoms with E-state index in [1.165, 1.54) is 12.0 Å². The van der Waals surface area contributed by atoms with Crippen LogP contribution in [-0.4, -0.2) is 102 Å². The number of hydrogen-bond donors (Lipinski definition) is 2. The van der Waals surface area contributed by atoms with Crippen molar-refractivity contribution in [2.75, 3.05) is 33.4 Å². The van der Waals surface area contributed by atoms with Gasteiger partial charge in [-0.05, 0) is 37.8 Å². The lowest BCUT2D eigenvalue weighted by Gasteiger charge is -2.38. The van der Waals surface area contributed by atoms with Crippen LogP contribution in [0.4, 0.5) is 0 Å². The maximum Gasteiger partial charge on any atom is 0.313 e. The quantitative estimate of drug-likeness (QED) is 0.297. The zero-order valence-electron chi connectivity index (χ0n) is 26.6. The highest BCUT2D eigenvalue weighted by Gasteiger charge is 2.75. The van der Waals surface area contributed by atoms with E-state index in [2.05, 4.69) is 21.2 Å². The molecule has 5 rings (SSSR count). The molecule has 1 aromatic carbocycles. The van der Waals surface area contributed by atoms with Gasteiger partial charge in [0.25, 0.3) is 0 Å². The summed E-state index contributed by atoms with van der Waals surface area (Å²) in [7, 11) is 1.51. The maximum atomic E-state index is 14.7. The summed E-state index contributed by atoms with van der Waals surface area (Å²) in [5.41, 5.74) is -0.749. The van der Waals surface area contributed by atoms with Gasteiger partial charge in [-0.2, -0.15) is 0 Å². The minimum Gasteiger partial charge on any atom is -0.455 e. The van der Waals surface area contributed by atoms with E-state index in [-0.39, 0.29) is 62.9 Å². The van der Waals surface area contributed by atoms with Gasteiger partial charge in [-0.3, -0.25) is 19.2 Å². The zero-order valence-corrected chi connectivity index (χ0v) is 28.2. The van der Waals surface area contributed by atoms with E-state index in [0.717, 1.165) is 12.8 Å². The number of cyclic esters (lactones) is 1. The second kappa shape index (κ2) is 14.8. The lowest BCUT2D eigenvalue weighted by molar-refractivity contribution is -0.162. The Morgan fingerprint density at radius 2 is 1.89 bits per heavy atom. The molecule has 8 atom stereocenters. The SMILES string of the molecule is CCCC(C)N1C/C=C\CCC(=O)N[C@H](COC)[C@@H](c2ccccc2)OC(=O)[C@@H]2[C@H]3O[C@@]4(C=C3Br)[C@H](C1=O)N(CCCO)C(=O)[C@@H]24. The Kier molecular flexibility index (Phi) is 11.0. The van der Waals surface area contributed by atoms with Gasteiger partial charge in [-0.1, -0.05) is 71.8 Å². The van der Waals surface area contributed by atoms with Crippen LogP contribution in [0.3, 0.4) is 0 Å². The number of nitrogens with one attached hydrogen (secondary N) is 1. The molecule has 3 amide bonds. The van der Waals surface area contributed by atoms with E-state index in [0.29, 0.717) is 16.5 Å². The molecule has 0 radical (unpaired) electrons. The second-order valence-electron chi connectivity index (χ2n) is 12.5. The third-order valence-corrected chi connectivity index (χ3v) is 10.1. The van der Waals surface area contributed by atoms with Gasteiger partial charge >= 0.3 is 5.97 Å². The molecule has 0 aromatic heterocycles. The number of carbonyl (C=O) groups is 4. The van der Waals surface area contributed by atoms with Gasteiger partial charge in [0, 0.05) is 43.8 Å². The molecule has 2 N–H and O–H groups in total. The minimum absolute atomic E-state index is 0.0741. The van der Waals surface area contributed by atoms with Crippen LogP contribution in [0.5, 0.6) is 0 Å². The standard InChI is InChI=1S/C34H44BrN3O8/c1-4-12-21(2)37-16-10-6-9-15-25(40)36-24(20-44-3)28(22-13-7-5-8-14-22)45-33(43)26-27-31(41)38(17-11-18-39)30(32(37)42)34(27)19-23(35)29(26)46-34/h5-8,10,13-14,19,21,24,26-30,39H,4,9,11-12,15-18,20H2,1-3H3,(H,36,40)/b10-6-/t21?,24-,26+,27-,28-,29+,30+,34-/m1/s1. The first-order valence-corrected chi connectivity index (χ1v) is 16.9. The van der Waals surface area contributed by atoms with Crippen LogP contribution in [0.15, 0.2) is 53.0 Å². The van der Waals surface area contributed by atoms with Gasteiger partial charge in [0.05, 0.1) is 18.6 Å². The monoisotopic (exact) mass is 701 g/mol. The fourth-order valence-corrected chi connectivity index (χ4v) is 8.11. The number of amides is 3. The van der Waals surface area contributed by atoms with Crippen molar-refractivity contribution >= 4 is 39.6 Å². The molecule has 250 valence electrons. The average molecular weight is 703 g/mol. The normalized spacial score (nSPS) is 33.0. The van der Waals surface area contributed by atoms with Crippen LogP contribution in [0.25, 0.3) is 0 Å². The van der Waals surface area contributed by atoms with E-state index >= 15 is 0 Å². The van der Waals surface area contributed by atoms with Gasteiger partial charge in [0.1, 0.15) is 29.8 Å². The molecule has 12 heteroatoms. The Labute approximate surface area is 278 Å². The molecular weight excluding hydrogens is 658 g/mol. The fraction of sp³-hybridized carbons (Fsp3) is 0.588. The second-order valence-corrected chi connectivity index (χ2v) is 13.4. The molecule has 1 spiro atoms. The van der Waals surface area contributed by atoms with Crippen LogP contribution in [-0.2, 0) is 33.4 Å². The van der Waals surface area contributed by atoms with Crippen molar-refractivity contribution in [2.45, 2.75) is 81.9 Å². The lowest BCUT2D eigenvalue weighted by Crippen LogP contribution is -2.57. The van der Waals surface area contributed by atoms with Gasteiger partial charge in [0.2, 0.25) is 17.7 Å². The van der Waals surface area contributed by atoms with Crippen molar-refractivity contribution in [1.82, 2.24) is 15.1 Å². The van der Waals surface area contributed by atoms with Crippen LogP contribution in [0.2, 0.25) is 0 Å². The van der Waals surface area contributed by atoms with Crippen molar-refractivity contribution < 1.29 is 38.5 Å². The van der Waals surface area contributed by atoms with E-state index in [1.54, 1.807) is 11.0 Å². The topological polar surface area (TPSA) is 135 Å². The summed E-state index contributed by atoms with van der Waals surface area (Å²) in [6, 6.07) is 7.20. The van der Waals surface area contributed by atoms with Crippen LogP contribution in [0, 0.1) is 11.8 Å². The number of aliphatic hydroxyl groups excluding tert-OH is 1. The summed E-state index contributed by atoms with van der Waals surface area (Å²) in [6.45, 7) is 4.35. The van der Waals surface area contributed by atoms with E-state index in [4.69, 9.17) is 14.2 Å². The van der Waals surface area contributed by atoms with E-state index < -0.39 is 47.7 Å². The molecule has 2 fully saturated rings. The number of rotatable bonds is 9. The van der Waals surface area contributed by atoms with Gasteiger partial charge in [-0.25, -0.2) is 0 Å². The van der Waals surface area contributed by atoms with Crippen molar-refractivity contribution in [3.05, 3.63) is 58.6 Å². The first-order chi connectivity index (χ1) is 22.2. The average Bonchev–Trinajstić information content (AvgIpc) is 3.63. The zero-order chi connectivity index (χ0) is 33.0. The largest absolute Gasteiger partial charge is 0.455 e. The lowest BCUT2D eigenvalue weighted by atomic mass is 9.74. The Balaban J connectivity index is 1.62. The maximum absolute atomic E-state index is 14.7. The Hall–Kier alpha value is -3.06. The molecule has 46 heavy (non-hydrogen) atoms.